The van der Waals surface area contributed by atoms with E-state index in [2.05, 4.69) is 95.1 Å². The molecular weight excluding hydrogens is 889 g/mol. The van der Waals surface area contributed by atoms with Crippen LogP contribution in [0, 0.1) is 11.8 Å². The number of methoxy groups -OCH3 is 2. The van der Waals surface area contributed by atoms with Crippen molar-refractivity contribution in [3.05, 3.63) is 84.7 Å². The molecule has 70 heavy (non-hydrogen) atoms. The van der Waals surface area contributed by atoms with E-state index in [4.69, 9.17) is 28.9 Å². The number of aromatic nitrogens is 4. The molecule has 10 atom stereocenters. The van der Waals surface area contributed by atoms with Gasteiger partial charge in [-0.15, -0.1) is 0 Å². The summed E-state index contributed by atoms with van der Waals surface area (Å²) in [5.41, 5.74) is 5.85. The smallest absolute Gasteiger partial charge is 0.407 e. The zero-order chi connectivity index (χ0) is 49.4. The largest absolute Gasteiger partial charge is 0.453 e. The van der Waals surface area contributed by atoms with Crippen LogP contribution in [0.15, 0.2) is 73.1 Å². The van der Waals surface area contributed by atoms with Gasteiger partial charge in [0.1, 0.15) is 23.7 Å². The molecule has 0 aliphatic carbocycles. The van der Waals surface area contributed by atoms with E-state index in [0.29, 0.717) is 25.7 Å². The second-order valence-corrected chi connectivity index (χ2v) is 20.3. The van der Waals surface area contributed by atoms with E-state index >= 15 is 0 Å². The predicted octanol–water partition coefficient (Wildman–Crippen LogP) is 9.25. The molecular formula is C54H68N8O8. The average molecular weight is 957 g/mol. The molecule has 6 heterocycles. The molecule has 4 N–H and O–H groups in total. The maximum absolute atomic E-state index is 14.5. The number of fused-ring (bicyclic) bond motifs is 1. The van der Waals surface area contributed by atoms with E-state index in [1.165, 1.54) is 14.2 Å². The maximum atomic E-state index is 14.5. The summed E-state index contributed by atoms with van der Waals surface area (Å²) in [6.07, 6.45) is 8.14. The van der Waals surface area contributed by atoms with Crippen LogP contribution in [0.5, 0.6) is 0 Å². The minimum absolute atomic E-state index is 0.0238. The Morgan fingerprint density at radius 1 is 0.557 bits per heavy atom. The number of likely N-dealkylation sites (tertiary alicyclic amines) is 2. The summed E-state index contributed by atoms with van der Waals surface area (Å²) < 4.78 is 21.9. The van der Waals surface area contributed by atoms with Crippen LogP contribution in [0.2, 0.25) is 0 Å². The number of hydrogen-bond donors (Lipinski definition) is 4. The van der Waals surface area contributed by atoms with Gasteiger partial charge < -0.3 is 49.3 Å². The Balaban J connectivity index is 0.878. The molecule has 0 spiro atoms. The van der Waals surface area contributed by atoms with Gasteiger partial charge in [0, 0.05) is 17.6 Å². The highest BCUT2D eigenvalue weighted by Gasteiger charge is 2.46. The molecule has 2 aromatic heterocycles. The molecule has 0 radical (unpaired) electrons. The van der Waals surface area contributed by atoms with E-state index < -0.39 is 24.3 Å². The number of imidazole rings is 2. The van der Waals surface area contributed by atoms with Crippen LogP contribution in [0.1, 0.15) is 117 Å². The molecule has 0 bridgehead atoms. The van der Waals surface area contributed by atoms with Crippen molar-refractivity contribution < 1.29 is 38.1 Å². The number of aromatic amines is 2. The summed E-state index contributed by atoms with van der Waals surface area (Å²) in [5, 5.41) is 7.95. The average Bonchev–Trinajstić information content (AvgIpc) is 4.18. The number of carbonyl (C=O) groups excluding carboxylic acids is 4. The summed E-state index contributed by atoms with van der Waals surface area (Å²) in [6.45, 7) is 12.2. The number of benzene rings is 3. The van der Waals surface area contributed by atoms with Gasteiger partial charge in [-0.2, -0.15) is 0 Å². The quantitative estimate of drug-likeness (QED) is 0.0992. The fourth-order valence-corrected chi connectivity index (χ4v) is 11.9. The molecule has 5 aromatic rings. The highest BCUT2D eigenvalue weighted by atomic mass is 16.5. The third-order valence-electron chi connectivity index (χ3n) is 15.2. The minimum Gasteiger partial charge on any atom is -0.453 e. The van der Waals surface area contributed by atoms with Crippen LogP contribution in [0.4, 0.5) is 9.59 Å². The van der Waals surface area contributed by atoms with Crippen molar-refractivity contribution in [1.29, 1.82) is 0 Å². The topological polar surface area (TPSA) is 193 Å². The third kappa shape index (κ3) is 10.2. The van der Waals surface area contributed by atoms with Gasteiger partial charge in [-0.3, -0.25) is 9.59 Å². The van der Waals surface area contributed by atoms with Crippen LogP contribution >= 0.6 is 0 Å². The van der Waals surface area contributed by atoms with Gasteiger partial charge >= 0.3 is 12.2 Å². The van der Waals surface area contributed by atoms with Crippen LogP contribution in [0.3, 0.4) is 0 Å². The Hall–Kier alpha value is -6.26. The Morgan fingerprint density at radius 3 is 1.39 bits per heavy atom. The molecule has 10 unspecified atom stereocenters. The Labute approximate surface area is 410 Å². The lowest BCUT2D eigenvalue weighted by molar-refractivity contribution is -0.141. The van der Waals surface area contributed by atoms with Gasteiger partial charge in [-0.05, 0) is 144 Å². The van der Waals surface area contributed by atoms with E-state index in [1.807, 2.05) is 49.9 Å². The van der Waals surface area contributed by atoms with Crippen molar-refractivity contribution in [2.24, 2.45) is 11.8 Å². The molecule has 4 saturated heterocycles. The van der Waals surface area contributed by atoms with E-state index in [0.717, 1.165) is 81.7 Å². The summed E-state index contributed by atoms with van der Waals surface area (Å²) in [6, 6.07) is 19.2. The zero-order valence-corrected chi connectivity index (χ0v) is 41.6. The molecule has 372 valence electrons. The van der Waals surface area contributed by atoms with Crippen LogP contribution in [-0.2, 0) is 28.5 Å². The van der Waals surface area contributed by atoms with Crippen molar-refractivity contribution in [2.45, 2.75) is 154 Å². The van der Waals surface area contributed by atoms with Crippen molar-refractivity contribution in [3.63, 3.8) is 0 Å². The van der Waals surface area contributed by atoms with E-state index in [1.54, 1.807) is 0 Å². The van der Waals surface area contributed by atoms with Gasteiger partial charge in [0.15, 0.2) is 0 Å². The van der Waals surface area contributed by atoms with E-state index in [9.17, 15) is 19.2 Å². The SMILES string of the molecule is COC(=O)NC(C(=O)N1C(C)CCC1c1ncc(-c2ccc(-c3ccc4cc(-c5cnc(C6CCC(C)N6C(=O)C(NC(=O)OC)C6CC(C)OC(C)C6)[nH]5)ccc4c3)cc2)[nH]1)C1CC(C)OC(C)C1. The highest BCUT2D eigenvalue weighted by Crippen LogP contribution is 2.41. The third-order valence-corrected chi connectivity index (χ3v) is 15.2. The molecule has 0 saturated carbocycles. The second-order valence-electron chi connectivity index (χ2n) is 20.3. The Bertz CT molecular complexity index is 2660. The van der Waals surface area contributed by atoms with Crippen molar-refractivity contribution in [1.82, 2.24) is 40.4 Å². The molecule has 4 amide bonds. The van der Waals surface area contributed by atoms with Gasteiger partial charge in [-0.25, -0.2) is 19.6 Å². The number of nitrogens with one attached hydrogen (secondary N) is 4. The normalized spacial score (nSPS) is 27.8. The fraction of sp³-hybridized carbons (Fsp3) is 0.519. The Morgan fingerprint density at radius 2 is 0.943 bits per heavy atom. The standard InChI is InChI=1S/C54H68N8O8/c1-29-9-19-45(61(29)51(63)47(59-53(65)67-7)41-21-31(3)69-32(4)22-41)49-55-27-43(57-49)36-13-11-35(12-14-36)37-15-16-39-26-40(18-17-38(39)25-37)44-28-56-50(58-44)46-20-10-30(2)62(46)52(64)48(60-54(66)68-8)42-23-33(5)70-34(6)24-42/h11-18,25-34,41-42,45-48H,9-10,19-24H2,1-8H3,(H,55,57)(H,56,58)(H,59,65)(H,60,66). The van der Waals surface area contributed by atoms with Crippen LogP contribution in [0.25, 0.3) is 44.4 Å². The monoisotopic (exact) mass is 957 g/mol. The number of nitrogens with zero attached hydrogens (tertiary/aromatic N) is 4. The summed E-state index contributed by atoms with van der Waals surface area (Å²) in [5.74, 6) is 1.03. The molecule has 4 aliphatic rings. The van der Waals surface area contributed by atoms with Gasteiger partial charge in [0.05, 0.1) is 74.5 Å². The number of alkyl carbamates (subject to hydrolysis) is 2. The molecule has 3 aromatic carbocycles. The summed E-state index contributed by atoms with van der Waals surface area (Å²) in [4.78, 5) is 74.5. The number of rotatable bonds is 11. The lowest BCUT2D eigenvalue weighted by Crippen LogP contribution is -2.55. The van der Waals surface area contributed by atoms with Crippen molar-refractivity contribution in [2.75, 3.05) is 14.2 Å². The van der Waals surface area contributed by atoms with Gasteiger partial charge in [0.2, 0.25) is 11.8 Å². The number of amides is 4. The first kappa shape index (κ1) is 48.8. The van der Waals surface area contributed by atoms with E-state index in [-0.39, 0.29) is 72.2 Å². The lowest BCUT2D eigenvalue weighted by Gasteiger charge is -2.39. The maximum Gasteiger partial charge on any atom is 0.407 e. The molecule has 16 heteroatoms. The number of hydrogen-bond acceptors (Lipinski definition) is 10. The Kier molecular flexibility index (Phi) is 14.3. The minimum atomic E-state index is -0.737. The number of carbonyl (C=O) groups is 4. The first-order chi connectivity index (χ1) is 33.7. The molecule has 4 fully saturated rings. The molecule has 9 rings (SSSR count). The van der Waals surface area contributed by atoms with Crippen LogP contribution < -0.4 is 10.6 Å². The lowest BCUT2D eigenvalue weighted by atomic mass is 9.85. The second kappa shape index (κ2) is 20.6. The van der Waals surface area contributed by atoms with Gasteiger partial charge in [-0.1, -0.05) is 48.5 Å². The predicted molar refractivity (Wildman–Crippen MR) is 265 cm³/mol. The number of ether oxygens (including phenoxy) is 4. The fourth-order valence-electron chi connectivity index (χ4n) is 11.9. The number of H-pyrrole nitrogens is 2. The highest BCUT2D eigenvalue weighted by molar-refractivity contribution is 5.91. The van der Waals surface area contributed by atoms with Crippen molar-refractivity contribution >= 4 is 34.8 Å². The first-order valence-electron chi connectivity index (χ1n) is 25.1. The first-order valence-corrected chi connectivity index (χ1v) is 25.1. The summed E-state index contributed by atoms with van der Waals surface area (Å²) >= 11 is 0. The van der Waals surface area contributed by atoms with Gasteiger partial charge in [0.25, 0.3) is 0 Å². The summed E-state index contributed by atoms with van der Waals surface area (Å²) in [7, 11) is 2.64. The zero-order valence-electron chi connectivity index (χ0n) is 41.6. The molecule has 4 aliphatic heterocycles. The van der Waals surface area contributed by atoms with Crippen LogP contribution in [-0.4, -0.2) is 117 Å². The van der Waals surface area contributed by atoms with Crippen molar-refractivity contribution in [3.8, 4) is 33.6 Å². The molecule has 16 nitrogen and oxygen atoms in total.